The molecule has 0 aliphatic carbocycles. The summed E-state index contributed by atoms with van der Waals surface area (Å²) >= 11 is 7.80. The third-order valence-electron chi connectivity index (χ3n) is 7.16. The van der Waals surface area contributed by atoms with E-state index in [-0.39, 0.29) is 19.1 Å². The molecule has 188 valence electrons. The fraction of sp³-hybridized carbons (Fsp3) is 0.385. The van der Waals surface area contributed by atoms with Crippen molar-refractivity contribution in [1.82, 2.24) is 5.32 Å². The lowest BCUT2D eigenvalue weighted by atomic mass is 9.76. The van der Waals surface area contributed by atoms with Crippen LogP contribution in [-0.2, 0) is 29.5 Å². The molecule has 2 aromatic carbocycles. The van der Waals surface area contributed by atoms with E-state index in [1.54, 1.807) is 67.2 Å². The van der Waals surface area contributed by atoms with Gasteiger partial charge in [0.2, 0.25) is 11.8 Å². The fourth-order valence-corrected chi connectivity index (χ4v) is 6.48. The number of fused-ring (bicyclic) bond motifs is 4. The molecule has 8 nitrogen and oxygen atoms in total. The van der Waals surface area contributed by atoms with Gasteiger partial charge in [0.05, 0.1) is 24.1 Å². The zero-order chi connectivity index (χ0) is 25.6. The van der Waals surface area contributed by atoms with Gasteiger partial charge in [-0.15, -0.1) is 0 Å². The van der Waals surface area contributed by atoms with E-state index in [4.69, 9.17) is 16.3 Å². The summed E-state index contributed by atoms with van der Waals surface area (Å²) in [5.41, 5.74) is 0.0493. The number of esters is 1. The first-order valence-corrected chi connectivity index (χ1v) is 13.6. The van der Waals surface area contributed by atoms with Crippen molar-refractivity contribution in [2.75, 3.05) is 35.0 Å². The molecular formula is C26H26ClN3O5S. The minimum Gasteiger partial charge on any atom is -0.465 e. The van der Waals surface area contributed by atoms with Gasteiger partial charge in [0, 0.05) is 22.3 Å². The molecule has 0 bridgehead atoms. The molecule has 3 aliphatic rings. The summed E-state index contributed by atoms with van der Waals surface area (Å²) in [7, 11) is 0. The van der Waals surface area contributed by atoms with Gasteiger partial charge in [-0.05, 0) is 49.6 Å². The lowest BCUT2D eigenvalue weighted by Crippen LogP contribution is -2.55. The van der Waals surface area contributed by atoms with Crippen LogP contribution in [-0.4, -0.2) is 54.9 Å². The Morgan fingerprint density at radius 3 is 2.64 bits per heavy atom. The summed E-state index contributed by atoms with van der Waals surface area (Å²) in [6.07, 6.45) is 2.57. The maximum atomic E-state index is 14.2. The van der Waals surface area contributed by atoms with E-state index < -0.39 is 41.2 Å². The number of para-hydroxylation sites is 1. The summed E-state index contributed by atoms with van der Waals surface area (Å²) in [5.74, 6) is -2.71. The zero-order valence-electron chi connectivity index (χ0n) is 19.9. The molecule has 0 aromatic heterocycles. The normalized spacial score (nSPS) is 26.6. The van der Waals surface area contributed by atoms with Crippen LogP contribution in [0.15, 0.2) is 48.5 Å². The second kappa shape index (κ2) is 9.53. The molecular weight excluding hydrogens is 502 g/mol. The molecule has 0 saturated carbocycles. The molecule has 3 aliphatic heterocycles. The number of imide groups is 1. The Morgan fingerprint density at radius 1 is 1.14 bits per heavy atom. The van der Waals surface area contributed by atoms with Crippen molar-refractivity contribution in [1.29, 1.82) is 0 Å². The Hall–Kier alpha value is -2.88. The average molecular weight is 528 g/mol. The SMILES string of the molecule is CCOC(=O)CN1C(=O)[C@]2(N[C@H](CCSC)[C@H]3C(=O)N(c4cccc(Cl)c4)C(=O)[C@H]32)c2ccccc21. The predicted octanol–water partition coefficient (Wildman–Crippen LogP) is 2.98. The Balaban J connectivity index is 1.63. The third kappa shape index (κ3) is 3.64. The van der Waals surface area contributed by atoms with Crippen molar-refractivity contribution in [3.8, 4) is 0 Å². The van der Waals surface area contributed by atoms with Crippen LogP contribution in [0.25, 0.3) is 0 Å². The number of benzene rings is 2. The van der Waals surface area contributed by atoms with Gasteiger partial charge in [-0.25, -0.2) is 4.90 Å². The second-order valence-electron chi connectivity index (χ2n) is 9.05. The molecule has 3 amide bonds. The highest BCUT2D eigenvalue weighted by Crippen LogP contribution is 2.55. The quantitative estimate of drug-likeness (QED) is 0.437. The van der Waals surface area contributed by atoms with Crippen LogP contribution in [0.5, 0.6) is 0 Å². The predicted molar refractivity (Wildman–Crippen MR) is 138 cm³/mol. The van der Waals surface area contributed by atoms with E-state index in [1.807, 2.05) is 6.26 Å². The van der Waals surface area contributed by atoms with E-state index in [0.29, 0.717) is 28.4 Å². The molecule has 2 fully saturated rings. The highest BCUT2D eigenvalue weighted by Gasteiger charge is 2.71. The third-order valence-corrected chi connectivity index (χ3v) is 8.04. The van der Waals surface area contributed by atoms with E-state index >= 15 is 0 Å². The second-order valence-corrected chi connectivity index (χ2v) is 10.5. The van der Waals surface area contributed by atoms with E-state index in [1.165, 1.54) is 9.80 Å². The molecule has 1 spiro atoms. The summed E-state index contributed by atoms with van der Waals surface area (Å²) in [6.45, 7) is 1.61. The fourth-order valence-electron chi connectivity index (χ4n) is 5.80. The molecule has 3 heterocycles. The summed E-state index contributed by atoms with van der Waals surface area (Å²) < 4.78 is 5.11. The number of halogens is 1. The van der Waals surface area contributed by atoms with Gasteiger partial charge < -0.3 is 4.74 Å². The first-order valence-electron chi connectivity index (χ1n) is 11.8. The monoisotopic (exact) mass is 527 g/mol. The number of nitrogens with zero attached hydrogens (tertiary/aromatic N) is 2. The van der Waals surface area contributed by atoms with Crippen LogP contribution in [0.4, 0.5) is 11.4 Å². The van der Waals surface area contributed by atoms with Crippen LogP contribution in [0, 0.1) is 11.8 Å². The highest BCUT2D eigenvalue weighted by molar-refractivity contribution is 7.98. The molecule has 36 heavy (non-hydrogen) atoms. The molecule has 0 radical (unpaired) electrons. The number of ether oxygens (including phenoxy) is 1. The van der Waals surface area contributed by atoms with Gasteiger partial charge in [0.1, 0.15) is 12.1 Å². The van der Waals surface area contributed by atoms with Crippen molar-refractivity contribution in [3.05, 3.63) is 59.1 Å². The number of carbonyl (C=O) groups is 4. The van der Waals surface area contributed by atoms with Gasteiger partial charge in [-0.2, -0.15) is 11.8 Å². The molecule has 2 aromatic rings. The van der Waals surface area contributed by atoms with Gasteiger partial charge in [0.15, 0.2) is 0 Å². The summed E-state index contributed by atoms with van der Waals surface area (Å²) in [5, 5.41) is 3.84. The van der Waals surface area contributed by atoms with Crippen LogP contribution >= 0.6 is 23.4 Å². The number of anilines is 2. The Labute approximate surface area is 218 Å². The van der Waals surface area contributed by atoms with E-state index in [2.05, 4.69) is 5.32 Å². The molecule has 2 saturated heterocycles. The van der Waals surface area contributed by atoms with Crippen molar-refractivity contribution in [2.24, 2.45) is 11.8 Å². The minimum absolute atomic E-state index is 0.189. The van der Waals surface area contributed by atoms with Crippen LogP contribution in [0.1, 0.15) is 18.9 Å². The first kappa shape index (κ1) is 24.8. The van der Waals surface area contributed by atoms with E-state index in [9.17, 15) is 19.2 Å². The molecule has 0 unspecified atom stereocenters. The topological polar surface area (TPSA) is 96.0 Å². The largest absolute Gasteiger partial charge is 0.465 e. The highest BCUT2D eigenvalue weighted by atomic mass is 35.5. The number of nitrogens with one attached hydrogen (secondary N) is 1. The number of thioether (sulfide) groups is 1. The van der Waals surface area contributed by atoms with Gasteiger partial charge in [0.25, 0.3) is 5.91 Å². The molecule has 5 rings (SSSR count). The van der Waals surface area contributed by atoms with Gasteiger partial charge in [-0.3, -0.25) is 29.4 Å². The Bertz CT molecular complexity index is 1260. The number of amides is 3. The minimum atomic E-state index is -1.46. The summed E-state index contributed by atoms with van der Waals surface area (Å²) in [6, 6.07) is 13.3. The smallest absolute Gasteiger partial charge is 0.326 e. The van der Waals surface area contributed by atoms with Crippen molar-refractivity contribution in [2.45, 2.75) is 24.9 Å². The van der Waals surface area contributed by atoms with Crippen LogP contribution < -0.4 is 15.1 Å². The van der Waals surface area contributed by atoms with Crippen molar-refractivity contribution >= 4 is 58.4 Å². The standard InChI is InChI=1S/C26H26ClN3O5S/c1-3-35-20(31)14-29-19-10-5-4-9-17(19)26(25(29)34)22-21(18(28-26)11-12-36-2)23(32)30(24(22)33)16-8-6-7-15(27)13-16/h4-10,13,18,21-22,28H,3,11-12,14H2,1-2H3/t18-,21-,22+,26+/m1/s1. The Morgan fingerprint density at radius 2 is 1.92 bits per heavy atom. The molecule has 10 heteroatoms. The number of carbonyl (C=O) groups excluding carboxylic acids is 4. The number of hydrogen-bond acceptors (Lipinski definition) is 7. The molecule has 4 atom stereocenters. The van der Waals surface area contributed by atoms with Crippen molar-refractivity contribution in [3.63, 3.8) is 0 Å². The van der Waals surface area contributed by atoms with Crippen molar-refractivity contribution < 1.29 is 23.9 Å². The average Bonchev–Trinajstić information content (AvgIpc) is 3.42. The Kier molecular flexibility index (Phi) is 6.57. The molecule has 1 N–H and O–H groups in total. The number of hydrogen-bond donors (Lipinski definition) is 1. The van der Waals surface area contributed by atoms with Gasteiger partial charge in [-0.1, -0.05) is 35.9 Å². The first-order chi connectivity index (χ1) is 17.3. The number of rotatable bonds is 7. The van der Waals surface area contributed by atoms with Crippen LogP contribution in [0.3, 0.4) is 0 Å². The maximum absolute atomic E-state index is 14.2. The maximum Gasteiger partial charge on any atom is 0.326 e. The summed E-state index contributed by atoms with van der Waals surface area (Å²) in [4.78, 5) is 56.9. The lowest BCUT2D eigenvalue weighted by molar-refractivity contribution is -0.142. The van der Waals surface area contributed by atoms with Crippen LogP contribution in [0.2, 0.25) is 5.02 Å². The van der Waals surface area contributed by atoms with E-state index in [0.717, 1.165) is 5.75 Å². The van der Waals surface area contributed by atoms with Gasteiger partial charge >= 0.3 is 5.97 Å². The lowest BCUT2D eigenvalue weighted by Gasteiger charge is -2.30. The zero-order valence-corrected chi connectivity index (χ0v) is 21.5.